The minimum atomic E-state index is -0.822. The summed E-state index contributed by atoms with van der Waals surface area (Å²) >= 11 is 18.0. The topological polar surface area (TPSA) is 55.1 Å². The molecule has 0 radical (unpaired) electrons. The van der Waals surface area contributed by atoms with E-state index >= 15 is 0 Å². The van der Waals surface area contributed by atoms with Crippen molar-refractivity contribution in [2.75, 3.05) is 5.32 Å². The van der Waals surface area contributed by atoms with Crippen LogP contribution in [0.25, 0.3) is 0 Å². The molecular weight excluding hydrogens is 319 g/mol. The van der Waals surface area contributed by atoms with Gasteiger partial charge in [0.1, 0.15) is 6.04 Å². The monoisotopic (exact) mass is 328 g/mol. The van der Waals surface area contributed by atoms with Gasteiger partial charge >= 0.3 is 0 Å². The lowest BCUT2D eigenvalue weighted by Crippen LogP contribution is -2.28. The first-order valence-electron chi connectivity index (χ1n) is 5.74. The van der Waals surface area contributed by atoms with Crippen molar-refractivity contribution in [3.05, 3.63) is 63.1 Å². The van der Waals surface area contributed by atoms with Crippen molar-refractivity contribution in [2.45, 2.75) is 6.04 Å². The maximum atomic E-state index is 11.7. The first kappa shape index (κ1) is 15.0. The number of amides is 1. The number of anilines is 1. The Kier molecular flexibility index (Phi) is 4.76. The highest BCUT2D eigenvalue weighted by Gasteiger charge is 2.23. The molecule has 104 valence electrons. The van der Waals surface area contributed by atoms with Crippen molar-refractivity contribution in [1.29, 1.82) is 0 Å². The second-order valence-electron chi connectivity index (χ2n) is 4.12. The fraction of sp³-hybridized carbons (Fsp3) is 0.0714. The molecule has 2 rings (SSSR count). The Bertz CT molecular complexity index is 609. The van der Waals surface area contributed by atoms with Gasteiger partial charge in [-0.1, -0.05) is 40.9 Å². The van der Waals surface area contributed by atoms with Crippen LogP contribution in [-0.2, 0) is 4.79 Å². The largest absolute Gasteiger partial charge is 0.370 e. The highest BCUT2D eigenvalue weighted by atomic mass is 35.5. The van der Waals surface area contributed by atoms with E-state index in [9.17, 15) is 4.79 Å². The predicted octanol–water partition coefficient (Wildman–Crippen LogP) is 4.29. The van der Waals surface area contributed by atoms with Crippen molar-refractivity contribution < 1.29 is 4.79 Å². The molecule has 1 atom stereocenters. The molecule has 6 heteroatoms. The number of hydrogen-bond donors (Lipinski definition) is 2. The number of rotatable bonds is 4. The van der Waals surface area contributed by atoms with Crippen LogP contribution in [0.4, 0.5) is 5.69 Å². The van der Waals surface area contributed by atoms with Crippen LogP contribution in [-0.4, -0.2) is 5.91 Å². The second kappa shape index (κ2) is 6.35. The third-order valence-electron chi connectivity index (χ3n) is 2.73. The molecule has 0 fully saturated rings. The van der Waals surface area contributed by atoms with Crippen LogP contribution in [0.5, 0.6) is 0 Å². The van der Waals surface area contributed by atoms with Gasteiger partial charge in [-0.25, -0.2) is 0 Å². The average Bonchev–Trinajstić information content (AvgIpc) is 2.39. The smallest absolute Gasteiger partial charge is 0.244 e. The van der Waals surface area contributed by atoms with E-state index in [0.717, 1.165) is 0 Å². The molecule has 3 N–H and O–H groups in total. The Balaban J connectivity index is 2.37. The van der Waals surface area contributed by atoms with Crippen molar-refractivity contribution in [1.82, 2.24) is 0 Å². The summed E-state index contributed by atoms with van der Waals surface area (Å²) in [6.45, 7) is 0. The zero-order chi connectivity index (χ0) is 14.7. The number of hydrogen-bond acceptors (Lipinski definition) is 2. The molecule has 0 unspecified atom stereocenters. The molecule has 0 aliphatic carbocycles. The average molecular weight is 330 g/mol. The number of carbonyl (C=O) groups excluding carboxylic acids is 1. The third kappa shape index (κ3) is 3.37. The molecule has 0 bridgehead atoms. The van der Waals surface area contributed by atoms with E-state index in [0.29, 0.717) is 26.3 Å². The number of halogens is 3. The van der Waals surface area contributed by atoms with Crippen LogP contribution in [0.3, 0.4) is 0 Å². The lowest BCUT2D eigenvalue weighted by molar-refractivity contribution is -0.118. The Hall–Kier alpha value is -1.42. The van der Waals surface area contributed by atoms with Gasteiger partial charge in [0.25, 0.3) is 0 Å². The summed E-state index contributed by atoms with van der Waals surface area (Å²) in [4.78, 5) is 11.7. The fourth-order valence-corrected chi connectivity index (χ4v) is 2.53. The standard InChI is InChI=1S/C14H11Cl3N2O/c15-8-4-6-9(7-5-8)19-13(14(18)20)12-10(16)2-1-3-11(12)17/h1-7,13,19H,(H2,18,20)/t13-/m0/s1. The van der Waals surface area contributed by atoms with E-state index in [-0.39, 0.29) is 0 Å². The first-order valence-corrected chi connectivity index (χ1v) is 6.88. The Morgan fingerprint density at radius 3 is 2.05 bits per heavy atom. The van der Waals surface area contributed by atoms with Crippen molar-refractivity contribution in [3.8, 4) is 0 Å². The van der Waals surface area contributed by atoms with Crippen LogP contribution in [0.15, 0.2) is 42.5 Å². The predicted molar refractivity (Wildman–Crippen MR) is 83.5 cm³/mol. The van der Waals surface area contributed by atoms with Gasteiger partial charge in [-0.2, -0.15) is 0 Å². The molecule has 3 nitrogen and oxygen atoms in total. The van der Waals surface area contributed by atoms with E-state index in [2.05, 4.69) is 5.32 Å². The van der Waals surface area contributed by atoms with Gasteiger partial charge < -0.3 is 11.1 Å². The number of primary amides is 1. The lowest BCUT2D eigenvalue weighted by atomic mass is 10.1. The summed E-state index contributed by atoms with van der Waals surface area (Å²) in [5.41, 5.74) is 6.59. The maximum Gasteiger partial charge on any atom is 0.244 e. The number of benzene rings is 2. The molecule has 0 saturated heterocycles. The van der Waals surface area contributed by atoms with E-state index in [1.165, 1.54) is 0 Å². The van der Waals surface area contributed by atoms with Crippen molar-refractivity contribution in [2.24, 2.45) is 5.73 Å². The minimum absolute atomic E-state index is 0.378. The number of nitrogens with one attached hydrogen (secondary N) is 1. The Labute approximate surface area is 131 Å². The molecule has 0 aromatic heterocycles. The Morgan fingerprint density at radius 1 is 1.00 bits per heavy atom. The van der Waals surface area contributed by atoms with Gasteiger partial charge in [-0.3, -0.25) is 4.79 Å². The van der Waals surface area contributed by atoms with Crippen LogP contribution >= 0.6 is 34.8 Å². The molecule has 0 aliphatic heterocycles. The molecule has 2 aromatic rings. The highest BCUT2D eigenvalue weighted by Crippen LogP contribution is 2.32. The normalized spacial score (nSPS) is 11.9. The van der Waals surface area contributed by atoms with Crippen LogP contribution in [0.1, 0.15) is 11.6 Å². The number of carbonyl (C=O) groups is 1. The summed E-state index contributed by atoms with van der Waals surface area (Å²) in [6.07, 6.45) is 0. The number of nitrogens with two attached hydrogens (primary N) is 1. The SMILES string of the molecule is NC(=O)[C@@H](Nc1ccc(Cl)cc1)c1c(Cl)cccc1Cl. The summed E-state index contributed by atoms with van der Waals surface area (Å²) in [6, 6.07) is 11.1. The Morgan fingerprint density at radius 2 is 1.55 bits per heavy atom. The van der Waals surface area contributed by atoms with Crippen molar-refractivity contribution in [3.63, 3.8) is 0 Å². The van der Waals surface area contributed by atoms with E-state index < -0.39 is 11.9 Å². The van der Waals surface area contributed by atoms with Gasteiger partial charge in [0.05, 0.1) is 0 Å². The van der Waals surface area contributed by atoms with Crippen LogP contribution in [0, 0.1) is 0 Å². The van der Waals surface area contributed by atoms with Gasteiger partial charge in [0, 0.05) is 26.3 Å². The van der Waals surface area contributed by atoms with Gasteiger partial charge in [0.15, 0.2) is 0 Å². The summed E-state index contributed by atoms with van der Waals surface area (Å²) in [5.74, 6) is -0.574. The van der Waals surface area contributed by atoms with Gasteiger partial charge in [0.2, 0.25) is 5.91 Å². The molecule has 2 aromatic carbocycles. The third-order valence-corrected chi connectivity index (χ3v) is 3.64. The molecular formula is C14H11Cl3N2O. The second-order valence-corrected chi connectivity index (χ2v) is 5.37. The van der Waals surface area contributed by atoms with Crippen LogP contribution < -0.4 is 11.1 Å². The summed E-state index contributed by atoms with van der Waals surface area (Å²) < 4.78 is 0. The molecule has 1 amide bonds. The molecule has 0 heterocycles. The molecule has 0 saturated carbocycles. The highest BCUT2D eigenvalue weighted by molar-refractivity contribution is 6.36. The summed E-state index contributed by atoms with van der Waals surface area (Å²) in [7, 11) is 0. The zero-order valence-electron chi connectivity index (χ0n) is 10.2. The van der Waals surface area contributed by atoms with E-state index in [4.69, 9.17) is 40.5 Å². The minimum Gasteiger partial charge on any atom is -0.370 e. The van der Waals surface area contributed by atoms with E-state index in [1.807, 2.05) is 0 Å². The van der Waals surface area contributed by atoms with Gasteiger partial charge in [-0.05, 0) is 36.4 Å². The quantitative estimate of drug-likeness (QED) is 0.879. The summed E-state index contributed by atoms with van der Waals surface area (Å²) in [5, 5.41) is 4.36. The molecule has 0 spiro atoms. The van der Waals surface area contributed by atoms with Crippen LogP contribution in [0.2, 0.25) is 15.1 Å². The van der Waals surface area contributed by atoms with E-state index in [1.54, 1.807) is 42.5 Å². The fourth-order valence-electron chi connectivity index (χ4n) is 1.78. The van der Waals surface area contributed by atoms with Crippen molar-refractivity contribution >= 4 is 46.4 Å². The maximum absolute atomic E-state index is 11.7. The lowest BCUT2D eigenvalue weighted by Gasteiger charge is -2.19. The van der Waals surface area contributed by atoms with Gasteiger partial charge in [-0.15, -0.1) is 0 Å². The first-order chi connectivity index (χ1) is 9.49. The molecule has 0 aliphatic rings. The molecule has 20 heavy (non-hydrogen) atoms. The zero-order valence-corrected chi connectivity index (χ0v) is 12.5.